The molecule has 2 fully saturated rings. The third kappa shape index (κ3) is 4.53. The second kappa shape index (κ2) is 9.45. The van der Waals surface area contributed by atoms with Crippen molar-refractivity contribution in [1.82, 2.24) is 19.7 Å². The van der Waals surface area contributed by atoms with Crippen LogP contribution in [0.15, 0.2) is 42.7 Å². The summed E-state index contributed by atoms with van der Waals surface area (Å²) in [5, 5.41) is 8.19. The van der Waals surface area contributed by atoms with Crippen molar-refractivity contribution in [1.29, 1.82) is 0 Å². The predicted molar refractivity (Wildman–Crippen MR) is 139 cm³/mol. The van der Waals surface area contributed by atoms with Crippen molar-refractivity contribution in [3.05, 3.63) is 76.4 Å². The summed E-state index contributed by atoms with van der Waals surface area (Å²) in [5.41, 5.74) is 1.22. The number of hydrogen-bond donors (Lipinski definition) is 0. The summed E-state index contributed by atoms with van der Waals surface area (Å²) in [7, 11) is 1.89. The number of carbonyl (C=O) groups is 1. The average Bonchev–Trinajstić information content (AvgIpc) is 3.58. The van der Waals surface area contributed by atoms with Gasteiger partial charge in [-0.3, -0.25) is 9.69 Å². The highest BCUT2D eigenvalue weighted by atomic mass is 19.4. The van der Waals surface area contributed by atoms with E-state index in [1.807, 2.05) is 36.7 Å². The Morgan fingerprint density at radius 3 is 2.62 bits per heavy atom. The number of benzene rings is 2. The van der Waals surface area contributed by atoms with E-state index >= 15 is 0 Å². The van der Waals surface area contributed by atoms with Gasteiger partial charge in [0.15, 0.2) is 0 Å². The highest BCUT2D eigenvalue weighted by molar-refractivity contribution is 6.10. The lowest BCUT2D eigenvalue weighted by Gasteiger charge is -2.42. The summed E-state index contributed by atoms with van der Waals surface area (Å²) in [4.78, 5) is 17.3. The molecular formula is C29H32F3N5O2. The summed E-state index contributed by atoms with van der Waals surface area (Å²) in [6.07, 6.45) is -1.28. The summed E-state index contributed by atoms with van der Waals surface area (Å²) >= 11 is 0. The Morgan fingerprint density at radius 2 is 2.00 bits per heavy atom. The maximum Gasteiger partial charge on any atom is 0.416 e. The first-order valence-corrected chi connectivity index (χ1v) is 13.4. The number of anilines is 1. The molecule has 4 heterocycles. The Labute approximate surface area is 225 Å². The monoisotopic (exact) mass is 539 g/mol. The van der Waals surface area contributed by atoms with E-state index < -0.39 is 17.6 Å². The number of ether oxygens (including phenoxy) is 1. The normalized spacial score (nSPS) is 21.7. The van der Waals surface area contributed by atoms with Gasteiger partial charge in [0.2, 0.25) is 0 Å². The maximum atomic E-state index is 14.3. The first-order valence-electron chi connectivity index (χ1n) is 13.4. The first-order chi connectivity index (χ1) is 18.6. The number of aryl methyl sites for hydroxylation is 1. The van der Waals surface area contributed by atoms with Crippen LogP contribution in [0.25, 0.3) is 0 Å². The minimum atomic E-state index is -4.56. The SMILES string of the molecule is CC1CCN(C(C)c2cc3c(c(C(F)(F)F)c2)CN(c2cccc(C4(Cc5nncn5C)COC4)c2)C3=O)C1. The summed E-state index contributed by atoms with van der Waals surface area (Å²) < 4.78 is 50.4. The van der Waals surface area contributed by atoms with Gasteiger partial charge in [-0.05, 0) is 66.8 Å². The molecule has 3 aliphatic rings. The molecule has 0 radical (unpaired) electrons. The molecule has 1 aromatic heterocycles. The van der Waals surface area contributed by atoms with Crippen LogP contribution in [0.1, 0.15) is 64.7 Å². The van der Waals surface area contributed by atoms with E-state index in [4.69, 9.17) is 4.74 Å². The number of fused-ring (bicyclic) bond motifs is 1. The number of aromatic nitrogens is 3. The molecule has 3 aromatic rings. The van der Waals surface area contributed by atoms with Crippen LogP contribution < -0.4 is 4.90 Å². The third-order valence-corrected chi connectivity index (χ3v) is 8.68. The third-order valence-electron chi connectivity index (χ3n) is 8.68. The molecule has 0 spiro atoms. The fourth-order valence-electron chi connectivity index (χ4n) is 6.16. The molecule has 0 aliphatic carbocycles. The average molecular weight is 540 g/mol. The second-order valence-electron chi connectivity index (χ2n) is 11.4. The molecule has 2 atom stereocenters. The maximum absolute atomic E-state index is 14.3. The molecule has 7 nitrogen and oxygen atoms in total. The zero-order chi connectivity index (χ0) is 27.5. The van der Waals surface area contributed by atoms with E-state index in [-0.39, 0.29) is 29.1 Å². The molecule has 2 aromatic carbocycles. The van der Waals surface area contributed by atoms with Crippen LogP contribution in [0, 0.1) is 5.92 Å². The number of likely N-dealkylation sites (tertiary alicyclic amines) is 1. The van der Waals surface area contributed by atoms with Crippen LogP contribution in [-0.4, -0.2) is 51.9 Å². The van der Waals surface area contributed by atoms with E-state index in [1.54, 1.807) is 18.5 Å². The molecule has 0 N–H and O–H groups in total. The molecule has 3 aliphatic heterocycles. The van der Waals surface area contributed by atoms with Crippen LogP contribution in [0.4, 0.5) is 18.9 Å². The van der Waals surface area contributed by atoms with Gasteiger partial charge in [-0.15, -0.1) is 10.2 Å². The number of alkyl halides is 3. The lowest BCUT2D eigenvalue weighted by Crippen LogP contribution is -2.49. The highest BCUT2D eigenvalue weighted by Gasteiger charge is 2.44. The molecular weight excluding hydrogens is 507 g/mol. The molecule has 206 valence electrons. The Kier molecular flexibility index (Phi) is 6.30. The van der Waals surface area contributed by atoms with E-state index in [9.17, 15) is 18.0 Å². The number of rotatable bonds is 6. The number of nitrogens with zero attached hydrogens (tertiary/aromatic N) is 5. The zero-order valence-corrected chi connectivity index (χ0v) is 22.3. The van der Waals surface area contributed by atoms with Gasteiger partial charge in [0.25, 0.3) is 5.91 Å². The van der Waals surface area contributed by atoms with Crippen molar-refractivity contribution < 1.29 is 22.7 Å². The number of hydrogen-bond acceptors (Lipinski definition) is 5. The largest absolute Gasteiger partial charge is 0.416 e. The quantitative estimate of drug-likeness (QED) is 0.446. The molecule has 6 rings (SSSR count). The summed E-state index contributed by atoms with van der Waals surface area (Å²) in [5.74, 6) is 0.923. The topological polar surface area (TPSA) is 63.5 Å². The fraction of sp³-hybridized carbons (Fsp3) is 0.483. The molecule has 1 amide bonds. The van der Waals surface area contributed by atoms with E-state index in [2.05, 4.69) is 22.0 Å². The van der Waals surface area contributed by atoms with Crippen molar-refractivity contribution in [2.45, 2.75) is 50.9 Å². The van der Waals surface area contributed by atoms with Gasteiger partial charge >= 0.3 is 6.18 Å². The lowest BCUT2D eigenvalue weighted by atomic mass is 9.75. The van der Waals surface area contributed by atoms with E-state index in [0.29, 0.717) is 36.8 Å². The van der Waals surface area contributed by atoms with Crippen molar-refractivity contribution in [3.8, 4) is 0 Å². The van der Waals surface area contributed by atoms with Gasteiger partial charge < -0.3 is 14.2 Å². The summed E-state index contributed by atoms with van der Waals surface area (Å²) in [6, 6.07) is 10.3. The van der Waals surface area contributed by atoms with Crippen molar-refractivity contribution in [2.24, 2.45) is 13.0 Å². The molecule has 2 unspecified atom stereocenters. The van der Waals surface area contributed by atoms with Gasteiger partial charge in [0.05, 0.1) is 25.3 Å². The van der Waals surface area contributed by atoms with Crippen LogP contribution >= 0.6 is 0 Å². The molecule has 0 bridgehead atoms. The number of carbonyl (C=O) groups excluding carboxylic acids is 1. The number of amides is 1. The number of halogens is 3. The Morgan fingerprint density at radius 1 is 1.21 bits per heavy atom. The van der Waals surface area contributed by atoms with Crippen LogP contribution in [0.5, 0.6) is 0 Å². The van der Waals surface area contributed by atoms with Gasteiger partial charge in [0, 0.05) is 42.7 Å². The Bertz CT molecular complexity index is 1410. The van der Waals surface area contributed by atoms with Crippen LogP contribution in [-0.2, 0) is 36.3 Å². The van der Waals surface area contributed by atoms with E-state index in [0.717, 1.165) is 30.9 Å². The second-order valence-corrected chi connectivity index (χ2v) is 11.4. The van der Waals surface area contributed by atoms with Crippen molar-refractivity contribution >= 4 is 11.6 Å². The smallest absolute Gasteiger partial charge is 0.379 e. The lowest BCUT2D eigenvalue weighted by molar-refractivity contribution is -0.138. The first kappa shape index (κ1) is 26.0. The minimum absolute atomic E-state index is 0.0458. The zero-order valence-electron chi connectivity index (χ0n) is 22.3. The molecule has 0 saturated carbocycles. The van der Waals surface area contributed by atoms with Crippen molar-refractivity contribution in [2.75, 3.05) is 31.2 Å². The standard InChI is InChI=1S/C29H32F3N5O2/c1-18-7-8-36(13-18)19(2)20-9-23-24(25(10-20)29(30,31)32)14-37(27(23)38)22-6-4-5-21(11-22)28(15-39-16-28)12-26-34-33-17-35(26)3/h4-6,9-11,17-19H,7-8,12-16H2,1-3H3. The van der Waals surface area contributed by atoms with E-state index in [1.165, 1.54) is 11.0 Å². The fourth-order valence-corrected chi connectivity index (χ4v) is 6.16. The van der Waals surface area contributed by atoms with Gasteiger partial charge in [-0.25, -0.2) is 0 Å². The molecule has 39 heavy (non-hydrogen) atoms. The van der Waals surface area contributed by atoms with Crippen LogP contribution in [0.3, 0.4) is 0 Å². The molecule has 2 saturated heterocycles. The predicted octanol–water partition coefficient (Wildman–Crippen LogP) is 4.91. The molecule has 10 heteroatoms. The van der Waals surface area contributed by atoms with Crippen molar-refractivity contribution in [3.63, 3.8) is 0 Å². The van der Waals surface area contributed by atoms with Crippen LogP contribution in [0.2, 0.25) is 0 Å². The Balaban J connectivity index is 1.33. The van der Waals surface area contributed by atoms with Gasteiger partial charge in [0.1, 0.15) is 12.2 Å². The Hall–Kier alpha value is -3.24. The van der Waals surface area contributed by atoms with Gasteiger partial charge in [-0.1, -0.05) is 19.1 Å². The minimum Gasteiger partial charge on any atom is -0.379 e. The highest BCUT2D eigenvalue weighted by Crippen LogP contribution is 2.43. The summed E-state index contributed by atoms with van der Waals surface area (Å²) in [6.45, 7) is 6.63. The van der Waals surface area contributed by atoms with Gasteiger partial charge in [-0.2, -0.15) is 13.2 Å².